The maximum absolute atomic E-state index is 10.5. The Morgan fingerprint density at radius 3 is 1.60 bits per heavy atom. The molecule has 0 aliphatic heterocycles. The number of hydrogen-bond donors (Lipinski definition) is 2. The molecule has 4 aromatic heterocycles. The molecule has 4 aromatic rings. The van der Waals surface area contributed by atoms with Gasteiger partial charge >= 0.3 is 0 Å². The summed E-state index contributed by atoms with van der Waals surface area (Å²) in [4.78, 5) is 26.0. The summed E-state index contributed by atoms with van der Waals surface area (Å²) in [6, 6.07) is 22.3. The number of hydrogen-bond acceptors (Lipinski definition) is 6. The first-order chi connectivity index (χ1) is 14.6. The van der Waals surface area contributed by atoms with Gasteiger partial charge in [-0.15, -0.1) is 0 Å². The van der Waals surface area contributed by atoms with Crippen LogP contribution in [0.2, 0.25) is 0 Å². The van der Waals surface area contributed by atoms with E-state index in [9.17, 15) is 4.79 Å². The number of primary amides is 1. The lowest BCUT2D eigenvalue weighted by molar-refractivity contribution is 0.0995. The largest absolute Gasteiger partial charge is 0.364 e. The van der Waals surface area contributed by atoms with Crippen LogP contribution in [-0.4, -0.2) is 25.8 Å². The van der Waals surface area contributed by atoms with E-state index >= 15 is 0 Å². The Hall–Kier alpha value is -3.97. The summed E-state index contributed by atoms with van der Waals surface area (Å²) in [6.07, 6.45) is 8.74. The van der Waals surface area contributed by atoms with E-state index in [-0.39, 0.29) is 0 Å². The summed E-state index contributed by atoms with van der Waals surface area (Å²) >= 11 is 0. The maximum atomic E-state index is 10.5. The van der Waals surface area contributed by atoms with Crippen molar-refractivity contribution in [2.75, 3.05) is 0 Å². The van der Waals surface area contributed by atoms with Gasteiger partial charge in [-0.3, -0.25) is 19.7 Å². The Kier molecular flexibility index (Phi) is 12.9. The number of carbonyl (C=O) groups is 1. The quantitative estimate of drug-likeness (QED) is 0.531. The van der Waals surface area contributed by atoms with E-state index in [0.717, 1.165) is 11.4 Å². The van der Waals surface area contributed by atoms with Crippen LogP contribution in [0.5, 0.6) is 0 Å². The molecule has 0 spiro atoms. The van der Waals surface area contributed by atoms with Crippen molar-refractivity contribution in [3.63, 3.8) is 0 Å². The Bertz CT molecular complexity index is 837. The summed E-state index contributed by atoms with van der Waals surface area (Å²) in [5, 5.41) is 0. The lowest BCUT2D eigenvalue weighted by Crippen LogP contribution is -2.12. The minimum absolute atomic E-state index is 0.319. The number of nitrogens with two attached hydrogens (primary N) is 2. The molecule has 154 valence electrons. The standard InChI is InChI=1S/C7H8N2O.C6H8N2.2C5H5N/c1-5-3-2-4-6(9-5)7(8)10;7-5-6-3-1-2-4-8-6;2*1-2-4-6-5-3-1/h2-4H,1H3,(H2,8,10);1-4H,5,7H2;2*1-5H. The third-order valence-electron chi connectivity index (χ3n) is 3.21. The van der Waals surface area contributed by atoms with Crippen LogP contribution in [0.15, 0.2) is 104 Å². The van der Waals surface area contributed by atoms with E-state index in [1.54, 1.807) is 43.1 Å². The topological polar surface area (TPSA) is 121 Å². The lowest BCUT2D eigenvalue weighted by atomic mass is 10.3. The van der Waals surface area contributed by atoms with Gasteiger partial charge in [-0.2, -0.15) is 0 Å². The van der Waals surface area contributed by atoms with Crippen molar-refractivity contribution < 1.29 is 4.79 Å². The Balaban J connectivity index is 0.000000205. The van der Waals surface area contributed by atoms with Crippen LogP contribution in [0.25, 0.3) is 0 Å². The van der Waals surface area contributed by atoms with Gasteiger partial charge < -0.3 is 11.5 Å². The fraction of sp³-hybridized carbons (Fsp3) is 0.0870. The minimum atomic E-state index is -0.483. The molecule has 1 amide bonds. The molecule has 4 N–H and O–H groups in total. The van der Waals surface area contributed by atoms with Gasteiger partial charge in [0, 0.05) is 43.2 Å². The van der Waals surface area contributed by atoms with Crippen LogP contribution < -0.4 is 11.5 Å². The fourth-order valence-corrected chi connectivity index (χ4v) is 1.82. The smallest absolute Gasteiger partial charge is 0.267 e. The van der Waals surface area contributed by atoms with Gasteiger partial charge in [-0.05, 0) is 55.5 Å². The third kappa shape index (κ3) is 12.4. The molecule has 0 bridgehead atoms. The van der Waals surface area contributed by atoms with Gasteiger partial charge in [0.1, 0.15) is 5.69 Å². The first-order valence-corrected chi connectivity index (χ1v) is 9.17. The minimum Gasteiger partial charge on any atom is -0.364 e. The molecule has 4 heterocycles. The summed E-state index contributed by atoms with van der Waals surface area (Å²) in [7, 11) is 0. The number of amides is 1. The molecule has 7 nitrogen and oxygen atoms in total. The van der Waals surface area contributed by atoms with E-state index in [1.807, 2.05) is 67.6 Å². The van der Waals surface area contributed by atoms with Crippen molar-refractivity contribution in [3.05, 3.63) is 121 Å². The van der Waals surface area contributed by atoms with Gasteiger partial charge in [0.15, 0.2) is 0 Å². The number of rotatable bonds is 2. The molecule has 0 atom stereocenters. The van der Waals surface area contributed by atoms with Crippen LogP contribution in [0.3, 0.4) is 0 Å². The Morgan fingerprint density at radius 1 is 0.767 bits per heavy atom. The van der Waals surface area contributed by atoms with Crippen molar-refractivity contribution in [3.8, 4) is 0 Å². The van der Waals surface area contributed by atoms with Crippen LogP contribution in [0, 0.1) is 6.92 Å². The molecule has 0 radical (unpaired) electrons. The second kappa shape index (κ2) is 16.0. The first kappa shape index (κ1) is 24.1. The van der Waals surface area contributed by atoms with E-state index in [4.69, 9.17) is 11.5 Å². The van der Waals surface area contributed by atoms with Crippen LogP contribution in [0.4, 0.5) is 0 Å². The summed E-state index contributed by atoms with van der Waals surface area (Å²) in [6.45, 7) is 2.34. The van der Waals surface area contributed by atoms with Gasteiger partial charge in [0.05, 0.1) is 5.69 Å². The average molecular weight is 403 g/mol. The number of nitrogens with zero attached hydrogens (tertiary/aromatic N) is 4. The molecule has 7 heteroatoms. The van der Waals surface area contributed by atoms with Crippen LogP contribution in [0.1, 0.15) is 21.9 Å². The third-order valence-corrected chi connectivity index (χ3v) is 3.21. The van der Waals surface area contributed by atoms with Gasteiger partial charge in [0.2, 0.25) is 0 Å². The molecule has 0 saturated carbocycles. The van der Waals surface area contributed by atoms with E-state index in [2.05, 4.69) is 19.9 Å². The van der Waals surface area contributed by atoms with E-state index < -0.39 is 5.91 Å². The molecule has 0 aliphatic rings. The van der Waals surface area contributed by atoms with Crippen molar-refractivity contribution in [2.45, 2.75) is 13.5 Å². The lowest BCUT2D eigenvalue weighted by Gasteiger charge is -1.93. The van der Waals surface area contributed by atoms with Crippen LogP contribution in [-0.2, 0) is 6.54 Å². The molecule has 0 aliphatic carbocycles. The normalized spacial score (nSPS) is 8.73. The van der Waals surface area contributed by atoms with Gasteiger partial charge in [-0.25, -0.2) is 4.98 Å². The highest BCUT2D eigenvalue weighted by Crippen LogP contribution is 1.95. The summed E-state index contributed by atoms with van der Waals surface area (Å²) in [5.74, 6) is -0.483. The van der Waals surface area contributed by atoms with Crippen molar-refractivity contribution in [2.24, 2.45) is 11.5 Å². The maximum Gasteiger partial charge on any atom is 0.267 e. The summed E-state index contributed by atoms with van der Waals surface area (Å²) < 4.78 is 0. The molecule has 4 rings (SSSR count). The van der Waals surface area contributed by atoms with Crippen molar-refractivity contribution >= 4 is 5.91 Å². The molecule has 0 saturated heterocycles. The SMILES string of the molecule is Cc1cccc(C(N)=O)n1.NCc1ccccn1.c1ccncc1.c1ccncc1. The molecular weight excluding hydrogens is 376 g/mol. The average Bonchev–Trinajstić information content (AvgIpc) is 2.83. The molecule has 0 aromatic carbocycles. The zero-order valence-corrected chi connectivity index (χ0v) is 16.9. The zero-order chi connectivity index (χ0) is 21.9. The first-order valence-electron chi connectivity index (χ1n) is 9.17. The number of aryl methyl sites for hydroxylation is 1. The fourth-order valence-electron chi connectivity index (χ4n) is 1.82. The van der Waals surface area contributed by atoms with E-state index in [1.165, 1.54) is 0 Å². The highest BCUT2D eigenvalue weighted by atomic mass is 16.1. The Labute approximate surface area is 176 Å². The van der Waals surface area contributed by atoms with Gasteiger partial charge in [-0.1, -0.05) is 24.3 Å². The summed E-state index contributed by atoms with van der Waals surface area (Å²) in [5.41, 5.74) is 12.3. The predicted molar refractivity (Wildman–Crippen MR) is 118 cm³/mol. The zero-order valence-electron chi connectivity index (χ0n) is 16.9. The highest BCUT2D eigenvalue weighted by Gasteiger charge is 1.98. The second-order valence-corrected chi connectivity index (χ2v) is 5.60. The molecular formula is C23H26N6O. The number of aromatic nitrogens is 4. The molecule has 30 heavy (non-hydrogen) atoms. The van der Waals surface area contributed by atoms with Crippen molar-refractivity contribution in [1.29, 1.82) is 0 Å². The predicted octanol–water partition coefficient (Wildman–Crippen LogP) is 3.19. The number of carbonyl (C=O) groups excluding carboxylic acids is 1. The second-order valence-electron chi connectivity index (χ2n) is 5.60. The monoisotopic (exact) mass is 402 g/mol. The van der Waals surface area contributed by atoms with E-state index in [0.29, 0.717) is 12.2 Å². The van der Waals surface area contributed by atoms with Gasteiger partial charge in [0.25, 0.3) is 5.91 Å². The highest BCUT2D eigenvalue weighted by molar-refractivity contribution is 5.90. The number of pyridine rings is 4. The van der Waals surface area contributed by atoms with Crippen molar-refractivity contribution in [1.82, 2.24) is 19.9 Å². The molecule has 0 unspecified atom stereocenters. The molecule has 0 fully saturated rings. The Morgan fingerprint density at radius 2 is 1.33 bits per heavy atom. The van der Waals surface area contributed by atoms with Crippen LogP contribution >= 0.6 is 0 Å².